The van der Waals surface area contributed by atoms with E-state index in [0.29, 0.717) is 11.3 Å². The monoisotopic (exact) mass is 339 g/mol. The molecule has 2 aliphatic rings. The van der Waals surface area contributed by atoms with Crippen LogP contribution in [0.15, 0.2) is 40.5 Å². The second kappa shape index (κ2) is 4.56. The minimum Gasteiger partial charge on any atom is -0.424 e. The van der Waals surface area contributed by atoms with E-state index in [1.807, 2.05) is 6.07 Å². The zero-order valence-electron chi connectivity index (χ0n) is 12.0. The first-order valence-electron chi connectivity index (χ1n) is 6.86. The van der Waals surface area contributed by atoms with Crippen LogP contribution in [0.25, 0.3) is 0 Å². The minimum atomic E-state index is -1.68. The average Bonchev–Trinajstić information content (AvgIpc) is 2.80. The molecule has 1 spiro atoms. The number of benzene rings is 1. The van der Waals surface area contributed by atoms with Crippen LogP contribution in [0.3, 0.4) is 0 Å². The van der Waals surface area contributed by atoms with Crippen molar-refractivity contribution in [3.63, 3.8) is 0 Å². The standard InChI is InChI=1S/C15H9N5O3S/c16-5-7-10(17)23-12-9(11(21)19-14(24)20-12)15(7)6-3-1-2-4-8(6)18-13(15)22/h1-4H,17H2,(H,18,22)(H2,19,20,21,24)/t15-/m0/s1. The van der Waals surface area contributed by atoms with E-state index in [1.54, 1.807) is 24.3 Å². The normalized spacial score (nSPS) is 20.9. The number of anilines is 1. The first-order chi connectivity index (χ1) is 11.5. The number of carbonyl (C=O) groups excluding carboxylic acids is 1. The highest BCUT2D eigenvalue weighted by molar-refractivity contribution is 7.71. The molecule has 2 aliphatic heterocycles. The Labute approximate surface area is 139 Å². The second-order valence-electron chi connectivity index (χ2n) is 5.32. The van der Waals surface area contributed by atoms with Gasteiger partial charge in [0.25, 0.3) is 5.56 Å². The van der Waals surface area contributed by atoms with Gasteiger partial charge in [-0.15, -0.1) is 0 Å². The molecule has 0 radical (unpaired) electrons. The van der Waals surface area contributed by atoms with Crippen molar-refractivity contribution < 1.29 is 9.53 Å². The Morgan fingerprint density at radius 3 is 2.75 bits per heavy atom. The van der Waals surface area contributed by atoms with E-state index < -0.39 is 16.9 Å². The maximum absolute atomic E-state index is 12.9. The quantitative estimate of drug-likeness (QED) is 0.523. The van der Waals surface area contributed by atoms with Crippen LogP contribution in [0.2, 0.25) is 0 Å². The van der Waals surface area contributed by atoms with Gasteiger partial charge in [-0.3, -0.25) is 14.6 Å². The lowest BCUT2D eigenvalue weighted by atomic mass is 9.70. The number of carbonyl (C=O) groups is 1. The SMILES string of the molecule is N#CC1=C(N)Oc2[nH]c(=S)[nH]c(=O)c2[C@@]12C(=O)Nc1ccccc12. The van der Waals surface area contributed by atoms with Gasteiger partial charge in [-0.2, -0.15) is 5.26 Å². The molecule has 5 N–H and O–H groups in total. The Balaban J connectivity index is 2.24. The number of nitrogens with two attached hydrogens (primary N) is 1. The number of rotatable bonds is 0. The van der Waals surface area contributed by atoms with Crippen LogP contribution >= 0.6 is 12.2 Å². The topological polar surface area (TPSA) is 137 Å². The van der Waals surface area contributed by atoms with Crippen molar-refractivity contribution in [1.82, 2.24) is 9.97 Å². The second-order valence-corrected chi connectivity index (χ2v) is 5.72. The summed E-state index contributed by atoms with van der Waals surface area (Å²) in [5.41, 5.74) is 4.31. The van der Waals surface area contributed by atoms with Crippen molar-refractivity contribution in [3.8, 4) is 11.9 Å². The number of para-hydroxylation sites is 1. The number of nitrogens with one attached hydrogen (secondary N) is 3. The highest BCUT2D eigenvalue weighted by Gasteiger charge is 2.58. The Bertz CT molecular complexity index is 1110. The van der Waals surface area contributed by atoms with Gasteiger partial charge in [-0.05, 0) is 18.3 Å². The van der Waals surface area contributed by atoms with Crippen LogP contribution in [0.5, 0.6) is 5.88 Å². The highest BCUT2D eigenvalue weighted by Crippen LogP contribution is 2.51. The van der Waals surface area contributed by atoms with Gasteiger partial charge >= 0.3 is 0 Å². The van der Waals surface area contributed by atoms with Crippen molar-refractivity contribution >= 4 is 23.8 Å². The first kappa shape index (κ1) is 14.2. The number of ether oxygens (including phenoxy) is 1. The largest absolute Gasteiger partial charge is 0.424 e. The fourth-order valence-electron chi connectivity index (χ4n) is 3.25. The van der Waals surface area contributed by atoms with Crippen molar-refractivity contribution in [3.05, 3.63) is 62.0 Å². The van der Waals surface area contributed by atoms with Gasteiger partial charge in [0.05, 0.1) is 0 Å². The van der Waals surface area contributed by atoms with Gasteiger partial charge in [0, 0.05) is 11.3 Å². The van der Waals surface area contributed by atoms with Gasteiger partial charge < -0.3 is 20.8 Å². The molecule has 0 aliphatic carbocycles. The number of nitrogens with zero attached hydrogens (tertiary/aromatic N) is 1. The van der Waals surface area contributed by atoms with Crippen molar-refractivity contribution in [2.45, 2.75) is 5.41 Å². The van der Waals surface area contributed by atoms with Crippen LogP contribution in [0.4, 0.5) is 5.69 Å². The molecule has 0 saturated heterocycles. The molecular formula is C15H9N5O3S. The van der Waals surface area contributed by atoms with Crippen molar-refractivity contribution in [1.29, 1.82) is 5.26 Å². The fraction of sp³-hybridized carbons (Fsp3) is 0.0667. The van der Waals surface area contributed by atoms with Gasteiger partial charge in [0.15, 0.2) is 10.2 Å². The third kappa shape index (κ3) is 1.52. The number of H-pyrrole nitrogens is 2. The Morgan fingerprint density at radius 2 is 2.00 bits per heavy atom. The molecule has 0 fully saturated rings. The summed E-state index contributed by atoms with van der Waals surface area (Å²) in [7, 11) is 0. The van der Waals surface area contributed by atoms with Crippen molar-refractivity contribution in [2.75, 3.05) is 5.32 Å². The Morgan fingerprint density at radius 1 is 1.25 bits per heavy atom. The lowest BCUT2D eigenvalue weighted by molar-refractivity contribution is -0.118. The molecule has 2 aromatic rings. The molecule has 0 bridgehead atoms. The molecule has 1 aromatic heterocycles. The molecule has 24 heavy (non-hydrogen) atoms. The molecule has 0 unspecified atom stereocenters. The smallest absolute Gasteiger partial charge is 0.260 e. The number of fused-ring (bicyclic) bond motifs is 4. The summed E-state index contributed by atoms with van der Waals surface area (Å²) in [4.78, 5) is 30.6. The maximum atomic E-state index is 12.9. The molecule has 0 saturated carbocycles. The van der Waals surface area contributed by atoms with E-state index in [4.69, 9.17) is 22.7 Å². The predicted molar refractivity (Wildman–Crippen MR) is 85.6 cm³/mol. The maximum Gasteiger partial charge on any atom is 0.260 e. The molecular weight excluding hydrogens is 330 g/mol. The lowest BCUT2D eigenvalue weighted by Crippen LogP contribution is -2.46. The third-order valence-electron chi connectivity index (χ3n) is 4.15. The van der Waals surface area contributed by atoms with Crippen molar-refractivity contribution in [2.24, 2.45) is 5.73 Å². The molecule has 4 rings (SSSR count). The third-order valence-corrected chi connectivity index (χ3v) is 4.35. The van der Waals surface area contributed by atoms with Crippen LogP contribution in [-0.4, -0.2) is 15.9 Å². The summed E-state index contributed by atoms with van der Waals surface area (Å²) in [6, 6.07) is 8.70. The molecule has 8 nitrogen and oxygen atoms in total. The summed E-state index contributed by atoms with van der Waals surface area (Å²) in [6.07, 6.45) is 0. The number of hydrogen-bond donors (Lipinski definition) is 4. The summed E-state index contributed by atoms with van der Waals surface area (Å²) in [5.74, 6) is -0.857. The molecule has 3 heterocycles. The zero-order chi connectivity index (χ0) is 17.1. The summed E-state index contributed by atoms with van der Waals surface area (Å²) < 4.78 is 5.38. The Kier molecular flexibility index (Phi) is 2.70. The summed E-state index contributed by atoms with van der Waals surface area (Å²) >= 11 is 4.94. The van der Waals surface area contributed by atoms with E-state index in [-0.39, 0.29) is 27.7 Å². The fourth-order valence-corrected chi connectivity index (χ4v) is 3.43. The average molecular weight is 339 g/mol. The van der Waals surface area contributed by atoms with Crippen LogP contribution in [-0.2, 0) is 10.2 Å². The van der Waals surface area contributed by atoms with Crippen LogP contribution in [0, 0.1) is 16.1 Å². The van der Waals surface area contributed by atoms with Gasteiger partial charge in [-0.1, -0.05) is 18.2 Å². The number of nitriles is 1. The summed E-state index contributed by atoms with van der Waals surface area (Å²) in [6.45, 7) is 0. The number of aromatic amines is 2. The van der Waals surface area contributed by atoms with E-state index >= 15 is 0 Å². The molecule has 1 aromatic carbocycles. The molecule has 9 heteroatoms. The zero-order valence-corrected chi connectivity index (χ0v) is 12.8. The van der Waals surface area contributed by atoms with E-state index in [1.165, 1.54) is 0 Å². The van der Waals surface area contributed by atoms with E-state index in [2.05, 4.69) is 15.3 Å². The number of aromatic nitrogens is 2. The van der Waals surface area contributed by atoms with E-state index in [0.717, 1.165) is 0 Å². The number of hydrogen-bond acceptors (Lipinski definition) is 6. The lowest BCUT2D eigenvalue weighted by Gasteiger charge is -2.32. The van der Waals surface area contributed by atoms with Gasteiger partial charge in [0.1, 0.15) is 17.2 Å². The van der Waals surface area contributed by atoms with Crippen LogP contribution < -0.4 is 21.3 Å². The van der Waals surface area contributed by atoms with E-state index in [9.17, 15) is 14.9 Å². The van der Waals surface area contributed by atoms with Crippen LogP contribution in [0.1, 0.15) is 11.1 Å². The van der Waals surface area contributed by atoms with Gasteiger partial charge in [-0.25, -0.2) is 0 Å². The Hall–Kier alpha value is -3.38. The summed E-state index contributed by atoms with van der Waals surface area (Å²) in [5, 5.41) is 12.3. The molecule has 1 amide bonds. The predicted octanol–water partition coefficient (Wildman–Crippen LogP) is 0.757. The van der Waals surface area contributed by atoms with Gasteiger partial charge in [0.2, 0.25) is 17.7 Å². The molecule has 1 atom stereocenters. The minimum absolute atomic E-state index is 0.0220. The first-order valence-corrected chi connectivity index (χ1v) is 7.27. The number of amides is 1. The highest BCUT2D eigenvalue weighted by atomic mass is 32.1. The molecule has 118 valence electrons.